The predicted octanol–water partition coefficient (Wildman–Crippen LogP) is 9.38. The minimum Gasteiger partial charge on any atom is -0.0651 e. The van der Waals surface area contributed by atoms with E-state index in [9.17, 15) is 0 Å². The monoisotopic (exact) mass is 402 g/mol. The van der Waals surface area contributed by atoms with Crippen LogP contribution >= 0.6 is 0 Å². The first-order valence-electron chi connectivity index (χ1n) is 13.9. The molecule has 3 saturated carbocycles. The lowest BCUT2D eigenvalue weighted by Gasteiger charge is -2.47. The Kier molecular flexibility index (Phi) is 9.01. The van der Waals surface area contributed by atoms with Gasteiger partial charge in [-0.3, -0.25) is 0 Å². The van der Waals surface area contributed by atoms with Gasteiger partial charge in [0, 0.05) is 0 Å². The highest BCUT2D eigenvalue weighted by atomic mass is 14.5. The quantitative estimate of drug-likeness (QED) is 0.398. The molecule has 0 spiro atoms. The standard InChI is InChI=1S/C29H54/c1-7-20(2)8-11-22(4)28-18-19-29(24(6)23(28)5)27-16-14-26(15-17-27)25-12-9-21(3)10-13-25/h20-29H,7-19H2,1-6H3. The third-order valence-corrected chi connectivity index (χ3v) is 10.7. The minimum atomic E-state index is 0.920. The molecule has 0 bridgehead atoms. The van der Waals surface area contributed by atoms with Gasteiger partial charge in [0.05, 0.1) is 0 Å². The summed E-state index contributed by atoms with van der Waals surface area (Å²) in [6.45, 7) is 15.1. The van der Waals surface area contributed by atoms with Gasteiger partial charge in [0.15, 0.2) is 0 Å². The van der Waals surface area contributed by atoms with Crippen molar-refractivity contribution in [3.05, 3.63) is 0 Å². The van der Waals surface area contributed by atoms with Crippen LogP contribution in [-0.4, -0.2) is 0 Å². The molecule has 0 N–H and O–H groups in total. The number of rotatable bonds is 7. The summed E-state index contributed by atoms with van der Waals surface area (Å²) in [7, 11) is 0. The largest absolute Gasteiger partial charge is 0.0651 e. The molecule has 0 aromatic carbocycles. The molecule has 0 amide bonds. The van der Waals surface area contributed by atoms with Crippen molar-refractivity contribution in [3.8, 4) is 0 Å². The van der Waals surface area contributed by atoms with E-state index in [1.807, 2.05) is 0 Å². The van der Waals surface area contributed by atoms with Crippen LogP contribution in [0, 0.1) is 59.2 Å². The summed E-state index contributed by atoms with van der Waals surface area (Å²) < 4.78 is 0. The molecule has 0 saturated heterocycles. The smallest absolute Gasteiger partial charge is 0.0357 e. The van der Waals surface area contributed by atoms with E-state index in [0.717, 1.165) is 59.2 Å². The van der Waals surface area contributed by atoms with Crippen molar-refractivity contribution in [3.63, 3.8) is 0 Å². The van der Waals surface area contributed by atoms with E-state index < -0.39 is 0 Å². The fourth-order valence-corrected chi connectivity index (χ4v) is 7.93. The summed E-state index contributed by atoms with van der Waals surface area (Å²) in [6, 6.07) is 0. The summed E-state index contributed by atoms with van der Waals surface area (Å²) in [5.41, 5.74) is 0. The van der Waals surface area contributed by atoms with Crippen LogP contribution in [0.4, 0.5) is 0 Å². The van der Waals surface area contributed by atoms with Crippen molar-refractivity contribution in [2.45, 2.75) is 125 Å². The van der Waals surface area contributed by atoms with Crippen LogP contribution in [0.25, 0.3) is 0 Å². The summed E-state index contributed by atoms with van der Waals surface area (Å²) >= 11 is 0. The molecule has 0 heterocycles. The zero-order valence-corrected chi connectivity index (χ0v) is 21.0. The minimum absolute atomic E-state index is 0.920. The van der Waals surface area contributed by atoms with Gasteiger partial charge in [0.1, 0.15) is 0 Å². The van der Waals surface area contributed by atoms with Gasteiger partial charge in [0.2, 0.25) is 0 Å². The molecule has 0 heteroatoms. The Bertz CT molecular complexity index is 451. The average molecular weight is 403 g/mol. The average Bonchev–Trinajstić information content (AvgIpc) is 2.74. The van der Waals surface area contributed by atoms with Gasteiger partial charge in [-0.25, -0.2) is 0 Å². The Morgan fingerprint density at radius 1 is 0.621 bits per heavy atom. The van der Waals surface area contributed by atoms with Crippen LogP contribution in [-0.2, 0) is 0 Å². The van der Waals surface area contributed by atoms with E-state index >= 15 is 0 Å². The van der Waals surface area contributed by atoms with E-state index in [1.165, 1.54) is 38.5 Å². The predicted molar refractivity (Wildman–Crippen MR) is 129 cm³/mol. The Balaban J connectivity index is 1.46. The van der Waals surface area contributed by atoms with E-state index in [2.05, 4.69) is 41.5 Å². The molecule has 6 atom stereocenters. The number of hydrogen-bond acceptors (Lipinski definition) is 0. The van der Waals surface area contributed by atoms with Gasteiger partial charge in [-0.1, -0.05) is 73.6 Å². The van der Waals surface area contributed by atoms with Crippen molar-refractivity contribution in [2.75, 3.05) is 0 Å². The molecule has 170 valence electrons. The molecule has 0 radical (unpaired) electrons. The number of hydrogen-bond donors (Lipinski definition) is 0. The van der Waals surface area contributed by atoms with E-state index in [0.29, 0.717) is 0 Å². The zero-order chi connectivity index (χ0) is 21.0. The highest BCUT2D eigenvalue weighted by molar-refractivity contribution is 4.91. The Labute approximate surface area is 184 Å². The highest BCUT2D eigenvalue weighted by Crippen LogP contribution is 2.50. The summed E-state index contributed by atoms with van der Waals surface area (Å²) in [6.07, 6.45) is 19.7. The fourth-order valence-electron chi connectivity index (χ4n) is 7.93. The van der Waals surface area contributed by atoms with Crippen molar-refractivity contribution < 1.29 is 0 Å². The summed E-state index contributed by atoms with van der Waals surface area (Å²) in [5, 5.41) is 0. The summed E-state index contributed by atoms with van der Waals surface area (Å²) in [4.78, 5) is 0. The fraction of sp³-hybridized carbons (Fsp3) is 1.00. The van der Waals surface area contributed by atoms with Crippen molar-refractivity contribution in [1.29, 1.82) is 0 Å². The van der Waals surface area contributed by atoms with Crippen LogP contribution in [0.15, 0.2) is 0 Å². The first-order valence-corrected chi connectivity index (χ1v) is 13.9. The Hall–Kier alpha value is 0. The molecule has 0 aromatic rings. The maximum absolute atomic E-state index is 2.64. The van der Waals surface area contributed by atoms with Gasteiger partial charge in [-0.2, -0.15) is 0 Å². The lowest BCUT2D eigenvalue weighted by Crippen LogP contribution is -2.39. The third kappa shape index (κ3) is 6.04. The van der Waals surface area contributed by atoms with Crippen LogP contribution < -0.4 is 0 Å². The molecule has 0 nitrogen and oxygen atoms in total. The van der Waals surface area contributed by atoms with Crippen LogP contribution in [0.5, 0.6) is 0 Å². The van der Waals surface area contributed by atoms with Gasteiger partial charge >= 0.3 is 0 Å². The molecule has 3 fully saturated rings. The van der Waals surface area contributed by atoms with E-state index in [4.69, 9.17) is 0 Å². The second kappa shape index (κ2) is 11.0. The molecule has 29 heavy (non-hydrogen) atoms. The van der Waals surface area contributed by atoms with E-state index in [-0.39, 0.29) is 0 Å². The first kappa shape index (κ1) is 23.7. The molecular weight excluding hydrogens is 348 g/mol. The Morgan fingerprint density at radius 3 is 1.76 bits per heavy atom. The van der Waals surface area contributed by atoms with Crippen molar-refractivity contribution in [1.82, 2.24) is 0 Å². The van der Waals surface area contributed by atoms with Crippen molar-refractivity contribution >= 4 is 0 Å². The molecule has 0 aliphatic heterocycles. The molecule has 0 aromatic heterocycles. The van der Waals surface area contributed by atoms with Gasteiger partial charge in [0.25, 0.3) is 0 Å². The molecule has 3 aliphatic rings. The van der Waals surface area contributed by atoms with Gasteiger partial charge < -0.3 is 0 Å². The Morgan fingerprint density at radius 2 is 1.17 bits per heavy atom. The zero-order valence-electron chi connectivity index (χ0n) is 21.0. The normalized spacial score (nSPS) is 43.7. The first-order chi connectivity index (χ1) is 13.9. The van der Waals surface area contributed by atoms with E-state index in [1.54, 1.807) is 44.9 Å². The molecular formula is C29H54. The lowest BCUT2D eigenvalue weighted by molar-refractivity contribution is 0.0225. The van der Waals surface area contributed by atoms with Crippen LogP contribution in [0.2, 0.25) is 0 Å². The maximum atomic E-state index is 2.64. The topological polar surface area (TPSA) is 0 Å². The third-order valence-electron chi connectivity index (χ3n) is 10.7. The maximum Gasteiger partial charge on any atom is -0.0357 e. The molecule has 6 unspecified atom stereocenters. The molecule has 3 rings (SSSR count). The second-order valence-corrected chi connectivity index (χ2v) is 12.4. The van der Waals surface area contributed by atoms with Crippen LogP contribution in [0.3, 0.4) is 0 Å². The van der Waals surface area contributed by atoms with Crippen molar-refractivity contribution in [2.24, 2.45) is 59.2 Å². The molecule has 3 aliphatic carbocycles. The van der Waals surface area contributed by atoms with Gasteiger partial charge in [-0.15, -0.1) is 0 Å². The highest BCUT2D eigenvalue weighted by Gasteiger charge is 2.41. The second-order valence-electron chi connectivity index (χ2n) is 12.4. The SMILES string of the molecule is CCC(C)CCC(C)C1CCC(C2CCC(C3CCC(C)CC3)CC2)C(C)C1C. The van der Waals surface area contributed by atoms with Crippen LogP contribution in [0.1, 0.15) is 125 Å². The lowest BCUT2D eigenvalue weighted by atomic mass is 9.58. The summed E-state index contributed by atoms with van der Waals surface area (Å²) in [5.74, 6) is 10.0. The van der Waals surface area contributed by atoms with Gasteiger partial charge in [-0.05, 0) is 111 Å².